The summed E-state index contributed by atoms with van der Waals surface area (Å²) in [6.07, 6.45) is -5.18. The molecule has 154 valence electrons. The van der Waals surface area contributed by atoms with Gasteiger partial charge in [-0.1, -0.05) is 27.7 Å². The lowest BCUT2D eigenvalue weighted by Crippen LogP contribution is -2.61. The predicted octanol–water partition coefficient (Wildman–Crippen LogP) is 1.65. The molecule has 1 aliphatic heterocycles. The number of carbonyl (C=O) groups is 4. The minimum absolute atomic E-state index is 0.0500. The van der Waals surface area contributed by atoms with Crippen LogP contribution in [0.4, 0.5) is 0 Å². The Labute approximate surface area is 158 Å². The Balaban J connectivity index is 3.22. The van der Waals surface area contributed by atoms with Crippen LogP contribution in [-0.4, -0.2) is 54.6 Å². The molecule has 27 heavy (non-hydrogen) atoms. The van der Waals surface area contributed by atoms with Crippen LogP contribution in [0, 0.1) is 0 Å². The fourth-order valence-corrected chi connectivity index (χ4v) is 2.41. The van der Waals surface area contributed by atoms with Gasteiger partial charge in [0.2, 0.25) is 12.4 Å². The van der Waals surface area contributed by atoms with Gasteiger partial charge in [-0.3, -0.25) is 19.2 Å². The van der Waals surface area contributed by atoms with Gasteiger partial charge in [0, 0.05) is 25.7 Å². The number of hydrogen-bond donors (Lipinski definition) is 0. The van der Waals surface area contributed by atoms with Crippen LogP contribution in [0.25, 0.3) is 0 Å². The first-order valence-corrected chi connectivity index (χ1v) is 9.20. The highest BCUT2D eigenvalue weighted by atomic mass is 16.7. The summed E-state index contributed by atoms with van der Waals surface area (Å²) in [7, 11) is 0. The molecule has 1 aliphatic rings. The van der Waals surface area contributed by atoms with Crippen molar-refractivity contribution in [1.82, 2.24) is 0 Å². The van der Waals surface area contributed by atoms with Gasteiger partial charge in [0.1, 0.15) is 0 Å². The van der Waals surface area contributed by atoms with Crippen LogP contribution >= 0.6 is 0 Å². The van der Waals surface area contributed by atoms with Crippen molar-refractivity contribution in [3.63, 3.8) is 0 Å². The quantitative estimate of drug-likeness (QED) is 0.452. The third-order valence-corrected chi connectivity index (χ3v) is 3.93. The third-order valence-electron chi connectivity index (χ3n) is 3.93. The first-order valence-electron chi connectivity index (χ1n) is 9.20. The molecule has 0 radical (unpaired) electrons. The first-order chi connectivity index (χ1) is 12.8. The Morgan fingerprint density at radius 3 is 1.44 bits per heavy atom. The van der Waals surface area contributed by atoms with Gasteiger partial charge in [0.05, 0.1) is 6.10 Å². The summed E-state index contributed by atoms with van der Waals surface area (Å²) >= 11 is 0. The van der Waals surface area contributed by atoms with E-state index in [0.29, 0.717) is 0 Å². The van der Waals surface area contributed by atoms with Gasteiger partial charge in [-0.25, -0.2) is 0 Å². The van der Waals surface area contributed by atoms with E-state index in [1.165, 1.54) is 0 Å². The maximum atomic E-state index is 11.9. The van der Waals surface area contributed by atoms with E-state index in [1.54, 1.807) is 34.6 Å². The van der Waals surface area contributed by atoms with Crippen LogP contribution in [0.3, 0.4) is 0 Å². The molecule has 0 N–H and O–H groups in total. The van der Waals surface area contributed by atoms with Crippen molar-refractivity contribution in [2.45, 2.75) is 91.0 Å². The van der Waals surface area contributed by atoms with E-state index in [1.807, 2.05) is 0 Å². The predicted molar refractivity (Wildman–Crippen MR) is 91.2 cm³/mol. The molecule has 0 amide bonds. The molecule has 0 aromatic carbocycles. The Morgan fingerprint density at radius 1 is 0.630 bits per heavy atom. The van der Waals surface area contributed by atoms with Gasteiger partial charge < -0.3 is 23.7 Å². The van der Waals surface area contributed by atoms with Crippen LogP contribution < -0.4 is 0 Å². The maximum absolute atomic E-state index is 11.9. The number of carbonyl (C=O) groups excluding carboxylic acids is 4. The minimum Gasteiger partial charge on any atom is -0.455 e. The van der Waals surface area contributed by atoms with Crippen LogP contribution in [0.5, 0.6) is 0 Å². The van der Waals surface area contributed by atoms with E-state index in [0.717, 1.165) is 0 Å². The lowest BCUT2D eigenvalue weighted by Gasteiger charge is -2.43. The molecule has 0 aliphatic carbocycles. The topological polar surface area (TPSA) is 114 Å². The van der Waals surface area contributed by atoms with Crippen LogP contribution in [-0.2, 0) is 42.9 Å². The Hall–Kier alpha value is -2.16. The summed E-state index contributed by atoms with van der Waals surface area (Å²) in [5.41, 5.74) is 0. The van der Waals surface area contributed by atoms with E-state index in [4.69, 9.17) is 23.7 Å². The van der Waals surface area contributed by atoms with Crippen LogP contribution in [0.15, 0.2) is 0 Å². The Bertz CT molecular complexity index is 545. The number of ether oxygens (including phenoxy) is 5. The highest BCUT2D eigenvalue weighted by molar-refractivity contribution is 5.72. The van der Waals surface area contributed by atoms with Crippen LogP contribution in [0.2, 0.25) is 0 Å². The largest absolute Gasteiger partial charge is 0.455 e. The van der Waals surface area contributed by atoms with E-state index >= 15 is 0 Å². The molecular weight excluding hydrogens is 360 g/mol. The van der Waals surface area contributed by atoms with Crippen molar-refractivity contribution in [3.05, 3.63) is 0 Å². The zero-order chi connectivity index (χ0) is 20.6. The van der Waals surface area contributed by atoms with Crippen molar-refractivity contribution >= 4 is 23.9 Å². The SMILES string of the molecule is CCC(=O)O[C@@H]1O[C@@H](C)[C@H](OC(=O)CC)[C@@H](OC(=O)CC)[C@H]1OC(=O)CC. The highest BCUT2D eigenvalue weighted by Crippen LogP contribution is 2.30. The first kappa shape index (κ1) is 22.9. The number of hydrogen-bond acceptors (Lipinski definition) is 9. The maximum Gasteiger partial charge on any atom is 0.307 e. The highest BCUT2D eigenvalue weighted by Gasteiger charge is 2.52. The molecule has 0 saturated carbocycles. The lowest BCUT2D eigenvalue weighted by atomic mass is 9.98. The number of rotatable bonds is 8. The lowest BCUT2D eigenvalue weighted by molar-refractivity contribution is -0.294. The van der Waals surface area contributed by atoms with Crippen molar-refractivity contribution < 1.29 is 42.9 Å². The van der Waals surface area contributed by atoms with Crippen molar-refractivity contribution in [2.75, 3.05) is 0 Å². The second kappa shape index (κ2) is 10.9. The van der Waals surface area contributed by atoms with Gasteiger partial charge in [0.15, 0.2) is 12.2 Å². The fourth-order valence-electron chi connectivity index (χ4n) is 2.41. The zero-order valence-electron chi connectivity index (χ0n) is 16.4. The molecule has 1 saturated heterocycles. The van der Waals surface area contributed by atoms with E-state index in [9.17, 15) is 19.2 Å². The molecule has 9 heteroatoms. The normalized spacial score (nSPS) is 27.4. The standard InChI is InChI=1S/C18H28O9/c1-6-11(19)24-15-10(5)23-18(27-14(22)9-4)17(26-13(21)8-3)16(15)25-12(20)7-2/h10,15-18H,6-9H2,1-5H3/t10-,15-,16+,17+,18-/m0/s1. The van der Waals surface area contributed by atoms with Gasteiger partial charge in [0.25, 0.3) is 0 Å². The molecule has 0 aromatic rings. The van der Waals surface area contributed by atoms with E-state index in [2.05, 4.69) is 0 Å². The summed E-state index contributed by atoms with van der Waals surface area (Å²) < 4.78 is 27.0. The van der Waals surface area contributed by atoms with E-state index in [-0.39, 0.29) is 25.7 Å². The summed E-state index contributed by atoms with van der Waals surface area (Å²) in [5, 5.41) is 0. The average molecular weight is 388 g/mol. The summed E-state index contributed by atoms with van der Waals surface area (Å²) in [6, 6.07) is 0. The van der Waals surface area contributed by atoms with Gasteiger partial charge in [-0.2, -0.15) is 0 Å². The molecule has 5 atom stereocenters. The van der Waals surface area contributed by atoms with Crippen LogP contribution in [0.1, 0.15) is 60.3 Å². The summed E-state index contributed by atoms with van der Waals surface area (Å²) in [5.74, 6) is -2.29. The smallest absolute Gasteiger partial charge is 0.307 e. The summed E-state index contributed by atoms with van der Waals surface area (Å²) in [6.45, 7) is 7.99. The van der Waals surface area contributed by atoms with Crippen molar-refractivity contribution in [2.24, 2.45) is 0 Å². The second-order valence-corrected chi connectivity index (χ2v) is 5.98. The Kier molecular flexibility index (Phi) is 9.20. The van der Waals surface area contributed by atoms with Gasteiger partial charge in [-0.15, -0.1) is 0 Å². The minimum atomic E-state index is -1.28. The Morgan fingerprint density at radius 2 is 1.00 bits per heavy atom. The van der Waals surface area contributed by atoms with Crippen molar-refractivity contribution in [3.8, 4) is 0 Å². The zero-order valence-corrected chi connectivity index (χ0v) is 16.4. The molecule has 0 bridgehead atoms. The molecule has 1 fully saturated rings. The molecule has 0 unspecified atom stereocenters. The average Bonchev–Trinajstić information content (AvgIpc) is 2.66. The van der Waals surface area contributed by atoms with E-state index < -0.39 is 54.6 Å². The molecule has 0 spiro atoms. The fraction of sp³-hybridized carbons (Fsp3) is 0.778. The third kappa shape index (κ3) is 6.50. The molecule has 1 heterocycles. The number of esters is 4. The second-order valence-electron chi connectivity index (χ2n) is 5.98. The van der Waals surface area contributed by atoms with Gasteiger partial charge in [-0.05, 0) is 6.92 Å². The monoisotopic (exact) mass is 388 g/mol. The molecular formula is C18H28O9. The van der Waals surface area contributed by atoms with Crippen molar-refractivity contribution in [1.29, 1.82) is 0 Å². The van der Waals surface area contributed by atoms with Gasteiger partial charge >= 0.3 is 23.9 Å². The molecule has 9 nitrogen and oxygen atoms in total. The summed E-state index contributed by atoms with van der Waals surface area (Å²) in [4.78, 5) is 47.4. The molecule has 1 rings (SSSR count). The molecule has 0 aromatic heterocycles.